The van der Waals surface area contributed by atoms with E-state index in [0.717, 1.165) is 23.1 Å². The molecule has 0 aliphatic carbocycles. The molecule has 9 heteroatoms. The van der Waals surface area contributed by atoms with E-state index in [9.17, 15) is 14.0 Å². The van der Waals surface area contributed by atoms with Crippen molar-refractivity contribution in [3.05, 3.63) is 68.7 Å². The van der Waals surface area contributed by atoms with E-state index in [0.29, 0.717) is 30.2 Å². The van der Waals surface area contributed by atoms with Crippen molar-refractivity contribution in [2.24, 2.45) is 7.05 Å². The maximum atomic E-state index is 14.1. The second kappa shape index (κ2) is 7.43. The molecule has 28 heavy (non-hydrogen) atoms. The van der Waals surface area contributed by atoms with Crippen LogP contribution in [0.2, 0.25) is 0 Å². The Morgan fingerprint density at radius 2 is 2.14 bits per heavy atom. The van der Waals surface area contributed by atoms with Crippen LogP contribution in [0, 0.1) is 5.82 Å². The number of benzene rings is 1. The van der Waals surface area contributed by atoms with Crippen LogP contribution in [0.15, 0.2) is 46.1 Å². The molecular formula is C19H21FN6O2. The van der Waals surface area contributed by atoms with E-state index in [2.05, 4.69) is 20.5 Å². The van der Waals surface area contributed by atoms with Crippen LogP contribution >= 0.6 is 0 Å². The maximum absolute atomic E-state index is 14.1. The highest BCUT2D eigenvalue weighted by molar-refractivity contribution is 5.63. The number of hydrogen-bond donors (Lipinski definition) is 3. The van der Waals surface area contributed by atoms with E-state index in [1.165, 1.54) is 19.2 Å². The van der Waals surface area contributed by atoms with Crippen molar-refractivity contribution in [2.45, 2.75) is 19.0 Å². The zero-order chi connectivity index (χ0) is 19.7. The minimum atomic E-state index is -0.424. The quantitative estimate of drug-likeness (QED) is 0.609. The molecule has 1 aliphatic heterocycles. The number of rotatable bonds is 5. The third kappa shape index (κ3) is 3.48. The van der Waals surface area contributed by atoms with Gasteiger partial charge in [-0.1, -0.05) is 12.1 Å². The SMILES string of the molecule is Cn1c(=O)cc(N2CC[C@@H](NCc3cn[nH]c3-c3ccccc3F)C2)[nH]c1=O. The molecule has 2 aromatic heterocycles. The number of H-pyrrole nitrogens is 2. The van der Waals surface area contributed by atoms with Crippen LogP contribution in [0.4, 0.5) is 10.2 Å². The molecule has 0 bridgehead atoms. The molecule has 3 N–H and O–H groups in total. The molecule has 0 radical (unpaired) electrons. The highest BCUT2D eigenvalue weighted by atomic mass is 19.1. The number of aromatic amines is 2. The lowest BCUT2D eigenvalue weighted by atomic mass is 10.1. The van der Waals surface area contributed by atoms with Crippen molar-refractivity contribution in [1.82, 2.24) is 25.1 Å². The average Bonchev–Trinajstić information content (AvgIpc) is 3.34. The zero-order valence-corrected chi connectivity index (χ0v) is 15.4. The first kappa shape index (κ1) is 18.2. The molecule has 0 saturated carbocycles. The predicted octanol–water partition coefficient (Wildman–Crippen LogP) is 0.971. The summed E-state index contributed by atoms with van der Waals surface area (Å²) in [5, 5.41) is 10.4. The van der Waals surface area contributed by atoms with Gasteiger partial charge in [0.05, 0.1) is 11.9 Å². The number of nitrogens with zero attached hydrogens (tertiary/aromatic N) is 3. The monoisotopic (exact) mass is 384 g/mol. The highest BCUT2D eigenvalue weighted by Gasteiger charge is 2.24. The summed E-state index contributed by atoms with van der Waals surface area (Å²) >= 11 is 0. The van der Waals surface area contributed by atoms with E-state index in [1.807, 2.05) is 4.90 Å². The summed E-state index contributed by atoms with van der Waals surface area (Å²) in [5.41, 5.74) is 1.28. The van der Waals surface area contributed by atoms with Crippen molar-refractivity contribution < 1.29 is 4.39 Å². The Labute approximate surface area is 160 Å². The van der Waals surface area contributed by atoms with Crippen LogP contribution in [-0.4, -0.2) is 38.9 Å². The van der Waals surface area contributed by atoms with Crippen molar-refractivity contribution in [3.63, 3.8) is 0 Å². The molecule has 1 aliphatic rings. The Balaban J connectivity index is 1.43. The summed E-state index contributed by atoms with van der Waals surface area (Å²) in [6.07, 6.45) is 2.56. The van der Waals surface area contributed by atoms with Gasteiger partial charge in [-0.2, -0.15) is 5.10 Å². The topological polar surface area (TPSA) is 98.8 Å². The van der Waals surface area contributed by atoms with Gasteiger partial charge in [0.2, 0.25) is 0 Å². The lowest BCUT2D eigenvalue weighted by Crippen LogP contribution is -2.36. The molecule has 146 valence electrons. The summed E-state index contributed by atoms with van der Waals surface area (Å²) in [6.45, 7) is 1.92. The molecule has 1 atom stereocenters. The fourth-order valence-electron chi connectivity index (χ4n) is 3.46. The van der Waals surface area contributed by atoms with Gasteiger partial charge in [0.25, 0.3) is 5.56 Å². The fraction of sp³-hybridized carbons (Fsp3) is 0.316. The van der Waals surface area contributed by atoms with Crippen LogP contribution in [-0.2, 0) is 13.6 Å². The van der Waals surface area contributed by atoms with Crippen LogP contribution in [0.5, 0.6) is 0 Å². The Kier molecular flexibility index (Phi) is 4.82. The van der Waals surface area contributed by atoms with E-state index in [4.69, 9.17) is 0 Å². The van der Waals surface area contributed by atoms with Crippen molar-refractivity contribution in [1.29, 1.82) is 0 Å². The Bertz CT molecular complexity index is 1070. The minimum absolute atomic E-state index is 0.177. The van der Waals surface area contributed by atoms with Gasteiger partial charge < -0.3 is 10.2 Å². The average molecular weight is 384 g/mol. The van der Waals surface area contributed by atoms with Gasteiger partial charge >= 0.3 is 5.69 Å². The first-order valence-electron chi connectivity index (χ1n) is 9.09. The van der Waals surface area contributed by atoms with Crippen LogP contribution in [0.3, 0.4) is 0 Å². The van der Waals surface area contributed by atoms with Gasteiger partial charge in [0, 0.05) is 49.9 Å². The summed E-state index contributed by atoms with van der Waals surface area (Å²) in [4.78, 5) is 28.4. The van der Waals surface area contributed by atoms with E-state index in [1.54, 1.807) is 24.4 Å². The second-order valence-electron chi connectivity index (χ2n) is 6.92. The summed E-state index contributed by atoms with van der Waals surface area (Å²) in [7, 11) is 1.44. The molecule has 8 nitrogen and oxygen atoms in total. The Hall–Kier alpha value is -3.20. The van der Waals surface area contributed by atoms with E-state index < -0.39 is 5.69 Å². The molecular weight excluding hydrogens is 363 g/mol. The third-order valence-electron chi connectivity index (χ3n) is 5.10. The number of hydrogen-bond acceptors (Lipinski definition) is 5. The third-order valence-corrected chi connectivity index (χ3v) is 5.10. The standard InChI is InChI=1S/C19H21FN6O2/c1-25-17(27)8-16(23-19(25)28)26-7-6-13(11-26)21-9-12-10-22-24-18(12)14-4-2-3-5-15(14)20/h2-5,8,10,13,21H,6-7,9,11H2,1H3,(H,22,24)(H,23,28)/t13-/m1/s1. The van der Waals surface area contributed by atoms with E-state index in [-0.39, 0.29) is 17.4 Å². The van der Waals surface area contributed by atoms with Gasteiger partial charge in [-0.15, -0.1) is 0 Å². The minimum Gasteiger partial charge on any atom is -0.356 e. The molecule has 1 aromatic carbocycles. The smallest absolute Gasteiger partial charge is 0.329 e. The number of nitrogens with one attached hydrogen (secondary N) is 3. The zero-order valence-electron chi connectivity index (χ0n) is 15.4. The summed E-state index contributed by atoms with van der Waals surface area (Å²) < 4.78 is 15.1. The van der Waals surface area contributed by atoms with E-state index >= 15 is 0 Å². The number of aromatic nitrogens is 4. The predicted molar refractivity (Wildman–Crippen MR) is 104 cm³/mol. The number of anilines is 1. The lowest BCUT2D eigenvalue weighted by Gasteiger charge is -2.18. The number of halogens is 1. The van der Waals surface area contributed by atoms with Crippen molar-refractivity contribution >= 4 is 5.82 Å². The molecule has 0 amide bonds. The normalized spacial score (nSPS) is 16.6. The largest absolute Gasteiger partial charge is 0.356 e. The van der Waals surface area contributed by atoms with Crippen LogP contribution < -0.4 is 21.5 Å². The lowest BCUT2D eigenvalue weighted by molar-refractivity contribution is 0.551. The molecule has 0 spiro atoms. The first-order chi connectivity index (χ1) is 13.5. The Morgan fingerprint density at radius 1 is 1.32 bits per heavy atom. The van der Waals surface area contributed by atoms with Crippen molar-refractivity contribution in [2.75, 3.05) is 18.0 Å². The fourth-order valence-corrected chi connectivity index (χ4v) is 3.46. The van der Waals surface area contributed by atoms with Gasteiger partial charge in [-0.25, -0.2) is 9.18 Å². The second-order valence-corrected chi connectivity index (χ2v) is 6.92. The molecule has 1 saturated heterocycles. The molecule has 3 heterocycles. The summed E-state index contributed by atoms with van der Waals surface area (Å²) in [6, 6.07) is 8.20. The van der Waals surface area contributed by atoms with Gasteiger partial charge in [0.15, 0.2) is 0 Å². The first-order valence-corrected chi connectivity index (χ1v) is 9.09. The summed E-state index contributed by atoms with van der Waals surface area (Å²) in [5.74, 6) is 0.238. The van der Waals surface area contributed by atoms with Gasteiger partial charge in [-0.05, 0) is 18.6 Å². The van der Waals surface area contributed by atoms with Gasteiger partial charge in [-0.3, -0.25) is 19.4 Å². The molecule has 1 fully saturated rings. The Morgan fingerprint density at radius 3 is 2.93 bits per heavy atom. The molecule has 3 aromatic rings. The highest BCUT2D eigenvalue weighted by Crippen LogP contribution is 2.24. The molecule has 4 rings (SSSR count). The van der Waals surface area contributed by atoms with Crippen LogP contribution in [0.25, 0.3) is 11.3 Å². The maximum Gasteiger partial charge on any atom is 0.329 e. The van der Waals surface area contributed by atoms with Crippen molar-refractivity contribution in [3.8, 4) is 11.3 Å². The van der Waals surface area contributed by atoms with Crippen LogP contribution in [0.1, 0.15) is 12.0 Å². The molecule has 0 unspecified atom stereocenters. The van der Waals surface area contributed by atoms with Gasteiger partial charge in [0.1, 0.15) is 11.6 Å².